The maximum absolute atomic E-state index is 14.7. The Labute approximate surface area is 332 Å². The topological polar surface area (TPSA) is 175 Å². The van der Waals surface area contributed by atoms with E-state index in [2.05, 4.69) is 16.0 Å². The minimum absolute atomic E-state index is 0.0555. The lowest BCUT2D eigenvalue weighted by Gasteiger charge is -2.39. The summed E-state index contributed by atoms with van der Waals surface area (Å²) in [6, 6.07) is 9.59. The molecule has 0 unspecified atom stereocenters. The highest BCUT2D eigenvalue weighted by molar-refractivity contribution is 6.30. The number of piperidine rings is 1. The van der Waals surface area contributed by atoms with E-state index in [-0.39, 0.29) is 37.8 Å². The van der Waals surface area contributed by atoms with Gasteiger partial charge in [0, 0.05) is 31.1 Å². The number of hydrogen-bond acceptors (Lipinski definition) is 8. The zero-order chi connectivity index (χ0) is 40.1. The second kappa shape index (κ2) is 17.9. The third kappa shape index (κ3) is 9.34. The minimum atomic E-state index is -1.46. The molecule has 0 aliphatic carbocycles. The first-order valence-corrected chi connectivity index (χ1v) is 20.0. The van der Waals surface area contributed by atoms with Crippen molar-refractivity contribution in [1.29, 1.82) is 0 Å². The van der Waals surface area contributed by atoms with Crippen LogP contribution in [0.5, 0.6) is 0 Å². The summed E-state index contributed by atoms with van der Waals surface area (Å²) in [7, 11) is 0. The van der Waals surface area contributed by atoms with Gasteiger partial charge in [0.1, 0.15) is 42.4 Å². The van der Waals surface area contributed by atoms with Crippen molar-refractivity contribution in [3.63, 3.8) is 0 Å². The highest BCUT2D eigenvalue weighted by atomic mass is 35.5. The van der Waals surface area contributed by atoms with Crippen molar-refractivity contribution in [3.05, 3.63) is 70.7 Å². The van der Waals surface area contributed by atoms with Crippen LogP contribution in [0.4, 0.5) is 0 Å². The predicted molar refractivity (Wildman–Crippen MR) is 206 cm³/mol. The molecule has 56 heavy (non-hydrogen) atoms. The Hall–Kier alpha value is -4.98. The van der Waals surface area contributed by atoms with Crippen molar-refractivity contribution in [2.75, 3.05) is 19.6 Å². The van der Waals surface area contributed by atoms with Crippen LogP contribution in [-0.2, 0) is 51.1 Å². The number of carbonyl (C=O) groups excluding carboxylic acids is 7. The quantitative estimate of drug-likeness (QED) is 0.358. The SMILES string of the molecule is C[C@@H]1C[C@H]2C(=O)O[C@@H](C)[C@H](NC(=O)[C@H](Cc3ccccc3)NC(=O)Cc3cccc(Cl)c3)C(=O)N3CCC[C@H]3C(=O)N3CCCC[C@H]3C(=O)N[C@@H](C)C(=O)N2C1. The second-order valence-electron chi connectivity index (χ2n) is 15.6. The molecule has 3 N–H and O–H groups in total. The van der Waals surface area contributed by atoms with Crippen LogP contribution in [0.15, 0.2) is 54.6 Å². The van der Waals surface area contributed by atoms with E-state index in [0.29, 0.717) is 55.7 Å². The van der Waals surface area contributed by atoms with E-state index in [1.54, 1.807) is 31.2 Å². The Morgan fingerprint density at radius 1 is 0.821 bits per heavy atom. The molecule has 4 saturated heterocycles. The van der Waals surface area contributed by atoms with Gasteiger partial charge in [0.2, 0.25) is 35.4 Å². The van der Waals surface area contributed by atoms with Crippen molar-refractivity contribution in [1.82, 2.24) is 30.7 Å². The van der Waals surface area contributed by atoms with Crippen LogP contribution in [0.25, 0.3) is 0 Å². The van der Waals surface area contributed by atoms with E-state index in [0.717, 1.165) is 5.56 Å². The summed E-state index contributed by atoms with van der Waals surface area (Å²) in [6.07, 6.45) is 1.71. The number of hydrogen-bond donors (Lipinski definition) is 3. The lowest BCUT2D eigenvalue weighted by Crippen LogP contribution is -2.63. The Balaban J connectivity index is 1.32. The van der Waals surface area contributed by atoms with E-state index >= 15 is 0 Å². The van der Waals surface area contributed by atoms with Crippen molar-refractivity contribution in [2.24, 2.45) is 5.92 Å². The standard InChI is InChI=1S/C41H51ClN6O8/c1-24-19-33-41(55)56-26(3)35(45-36(50)30(21-27-11-5-4-6-12-27)44-34(49)22-28-13-9-14-29(42)20-28)40(54)47-18-10-16-32(47)39(53)46-17-8-7-15-31(46)37(51)43-25(2)38(52)48(33)23-24/h4-6,9,11-14,20,24-26,30-33,35H,7-8,10,15-19,21-23H2,1-3H3,(H,43,51)(H,44,49)(H,45,50)/t24-,25+,26+,30+,31+,32+,33+,35+/m1/s1. The lowest BCUT2D eigenvalue weighted by molar-refractivity contribution is -0.163. The normalized spacial score (nSPS) is 28.1. The number of amides is 6. The van der Waals surface area contributed by atoms with Crippen LogP contribution in [0, 0.1) is 5.92 Å². The monoisotopic (exact) mass is 790 g/mol. The number of nitrogens with zero attached hydrogens (tertiary/aromatic N) is 3. The highest BCUT2D eigenvalue weighted by Crippen LogP contribution is 2.29. The van der Waals surface area contributed by atoms with E-state index < -0.39 is 77.9 Å². The van der Waals surface area contributed by atoms with E-state index in [1.807, 2.05) is 37.3 Å². The fourth-order valence-electron chi connectivity index (χ4n) is 8.36. The highest BCUT2D eigenvalue weighted by Gasteiger charge is 2.47. The van der Waals surface area contributed by atoms with Crippen molar-refractivity contribution in [2.45, 2.75) is 114 Å². The van der Waals surface area contributed by atoms with Gasteiger partial charge in [-0.1, -0.05) is 61.0 Å². The Bertz CT molecular complexity index is 1830. The first-order valence-electron chi connectivity index (χ1n) is 19.6. The number of cyclic esters (lactones) is 1. The fourth-order valence-corrected chi connectivity index (χ4v) is 8.57. The molecule has 0 bridgehead atoms. The first-order chi connectivity index (χ1) is 26.8. The molecule has 14 nitrogen and oxygen atoms in total. The van der Waals surface area contributed by atoms with Crippen molar-refractivity contribution in [3.8, 4) is 0 Å². The number of fused-ring (bicyclic) bond motifs is 3. The largest absolute Gasteiger partial charge is 0.458 e. The second-order valence-corrected chi connectivity index (χ2v) is 16.0. The summed E-state index contributed by atoms with van der Waals surface area (Å²) in [5.74, 6) is -3.90. The summed E-state index contributed by atoms with van der Waals surface area (Å²) in [4.78, 5) is 102. The van der Waals surface area contributed by atoms with Crippen LogP contribution in [0.3, 0.4) is 0 Å². The third-order valence-electron chi connectivity index (χ3n) is 11.2. The zero-order valence-electron chi connectivity index (χ0n) is 32.1. The van der Waals surface area contributed by atoms with Crippen LogP contribution >= 0.6 is 11.6 Å². The van der Waals surface area contributed by atoms with Gasteiger partial charge >= 0.3 is 5.97 Å². The van der Waals surface area contributed by atoms with Crippen molar-refractivity contribution >= 4 is 53.0 Å². The molecule has 4 aliphatic heterocycles. The molecule has 0 aromatic heterocycles. The molecular weight excluding hydrogens is 740 g/mol. The summed E-state index contributed by atoms with van der Waals surface area (Å²) < 4.78 is 5.95. The molecule has 15 heteroatoms. The van der Waals surface area contributed by atoms with E-state index in [1.165, 1.54) is 21.6 Å². The number of benzene rings is 2. The van der Waals surface area contributed by atoms with Gasteiger partial charge in [0.15, 0.2) is 0 Å². The molecule has 4 aliphatic rings. The maximum Gasteiger partial charge on any atom is 0.329 e. The van der Waals surface area contributed by atoms with Crippen LogP contribution in [0.2, 0.25) is 5.02 Å². The van der Waals surface area contributed by atoms with Gasteiger partial charge in [-0.2, -0.15) is 0 Å². The molecule has 2 aromatic rings. The molecule has 6 amide bonds. The van der Waals surface area contributed by atoms with Gasteiger partial charge in [0.25, 0.3) is 0 Å². The Morgan fingerprint density at radius 3 is 2.27 bits per heavy atom. The van der Waals surface area contributed by atoms with Crippen LogP contribution < -0.4 is 16.0 Å². The minimum Gasteiger partial charge on any atom is -0.458 e. The number of halogens is 1. The average molecular weight is 791 g/mol. The Morgan fingerprint density at radius 2 is 1.52 bits per heavy atom. The summed E-state index contributed by atoms with van der Waals surface area (Å²) in [5.41, 5.74) is 1.39. The average Bonchev–Trinajstić information content (AvgIpc) is 3.83. The summed E-state index contributed by atoms with van der Waals surface area (Å²) >= 11 is 6.15. The molecule has 8 atom stereocenters. The number of nitrogens with one attached hydrogen (secondary N) is 3. The van der Waals surface area contributed by atoms with E-state index in [4.69, 9.17) is 16.3 Å². The Kier molecular flexibility index (Phi) is 13.0. The molecule has 4 heterocycles. The lowest BCUT2D eigenvalue weighted by atomic mass is 9.99. The summed E-state index contributed by atoms with van der Waals surface area (Å²) in [5, 5.41) is 8.88. The molecular formula is C41H51ClN6O8. The van der Waals surface area contributed by atoms with Crippen molar-refractivity contribution < 1.29 is 38.3 Å². The fraction of sp³-hybridized carbons (Fsp3) is 0.537. The van der Waals surface area contributed by atoms with Gasteiger partial charge < -0.3 is 35.4 Å². The predicted octanol–water partition coefficient (Wildman–Crippen LogP) is 2.15. The van der Waals surface area contributed by atoms with Crippen LogP contribution in [-0.4, -0.2) is 118 Å². The van der Waals surface area contributed by atoms with Gasteiger partial charge in [-0.3, -0.25) is 28.8 Å². The number of rotatable bonds is 7. The first kappa shape index (κ1) is 40.7. The van der Waals surface area contributed by atoms with Crippen LogP contribution in [0.1, 0.15) is 70.4 Å². The smallest absolute Gasteiger partial charge is 0.329 e. The molecule has 0 spiro atoms. The number of esters is 1. The third-order valence-corrected chi connectivity index (χ3v) is 11.5. The molecule has 300 valence electrons. The molecule has 2 aromatic carbocycles. The summed E-state index contributed by atoms with van der Waals surface area (Å²) in [6.45, 7) is 5.74. The van der Waals surface area contributed by atoms with Gasteiger partial charge in [-0.05, 0) is 81.5 Å². The maximum atomic E-state index is 14.7. The number of carbonyl (C=O) groups is 7. The van der Waals surface area contributed by atoms with E-state index in [9.17, 15) is 33.6 Å². The molecule has 6 rings (SSSR count). The number of ether oxygens (including phenoxy) is 1. The zero-order valence-corrected chi connectivity index (χ0v) is 32.8. The molecule has 4 fully saturated rings. The molecule has 0 saturated carbocycles. The molecule has 0 radical (unpaired) electrons. The van der Waals surface area contributed by atoms with Gasteiger partial charge in [-0.25, -0.2) is 4.79 Å². The van der Waals surface area contributed by atoms with Gasteiger partial charge in [-0.15, -0.1) is 0 Å². The van der Waals surface area contributed by atoms with Gasteiger partial charge in [0.05, 0.1) is 6.42 Å².